The lowest BCUT2D eigenvalue weighted by molar-refractivity contribution is -0.123. The summed E-state index contributed by atoms with van der Waals surface area (Å²) < 4.78 is 0. The van der Waals surface area contributed by atoms with Gasteiger partial charge in [-0.1, -0.05) is 20.3 Å². The van der Waals surface area contributed by atoms with Gasteiger partial charge >= 0.3 is 0 Å². The van der Waals surface area contributed by atoms with Gasteiger partial charge in [0.05, 0.1) is 0 Å². The third-order valence-corrected chi connectivity index (χ3v) is 3.40. The van der Waals surface area contributed by atoms with Crippen molar-refractivity contribution in [2.24, 2.45) is 22.6 Å². The minimum atomic E-state index is -0.256. The molecule has 0 saturated carbocycles. The molecule has 5 nitrogen and oxygen atoms in total. The van der Waals surface area contributed by atoms with E-state index in [0.717, 1.165) is 25.7 Å². The largest absolute Gasteiger partial charge is 0.369 e. The van der Waals surface area contributed by atoms with Gasteiger partial charge in [0.2, 0.25) is 11.8 Å². The molecule has 0 aliphatic carbocycles. The highest BCUT2D eigenvalue weighted by molar-refractivity contribution is 5.85. The van der Waals surface area contributed by atoms with Crippen molar-refractivity contribution in [2.45, 2.75) is 45.6 Å². The fourth-order valence-corrected chi connectivity index (χ4v) is 1.98. The maximum Gasteiger partial charge on any atom is 0.245 e. The Kier molecular flexibility index (Phi) is 5.82. The molecule has 1 heterocycles. The number of amides is 2. The highest BCUT2D eigenvalue weighted by Gasteiger charge is 2.26. The molecular formula is C13H23N3O2. The predicted octanol–water partition coefficient (Wildman–Crippen LogP) is 0.873. The van der Waals surface area contributed by atoms with E-state index in [4.69, 9.17) is 5.73 Å². The summed E-state index contributed by atoms with van der Waals surface area (Å²) in [5, 5.41) is 2.89. The first-order valence-corrected chi connectivity index (χ1v) is 6.61. The first-order chi connectivity index (χ1) is 8.52. The molecule has 0 unspecified atom stereocenters. The molecule has 1 aliphatic rings. The fraction of sp³-hybridized carbons (Fsp3) is 0.769. The van der Waals surface area contributed by atoms with Gasteiger partial charge in [-0.05, 0) is 25.2 Å². The van der Waals surface area contributed by atoms with Crippen molar-refractivity contribution in [1.29, 1.82) is 0 Å². The standard InChI is InChI=1S/C13H23N3O2/c1-9-6-8-15-11(9)13(18)16-7-4-3-5-10(2)12(14)17/h8-11H,3-7H2,1-2H3,(H2,14,17)(H,16,18)/t9-,10+,11-/m0/s1. The Morgan fingerprint density at radius 3 is 2.78 bits per heavy atom. The van der Waals surface area contributed by atoms with Crippen LogP contribution in [0.25, 0.3) is 0 Å². The van der Waals surface area contributed by atoms with Gasteiger partial charge in [0.25, 0.3) is 0 Å². The highest BCUT2D eigenvalue weighted by Crippen LogP contribution is 2.16. The first kappa shape index (κ1) is 14.7. The topological polar surface area (TPSA) is 84.6 Å². The summed E-state index contributed by atoms with van der Waals surface area (Å²) in [7, 11) is 0. The Bertz CT molecular complexity index is 328. The third-order valence-electron chi connectivity index (χ3n) is 3.40. The maximum atomic E-state index is 11.8. The van der Waals surface area contributed by atoms with Crippen LogP contribution in [0.15, 0.2) is 4.99 Å². The van der Waals surface area contributed by atoms with Crippen molar-refractivity contribution in [2.75, 3.05) is 6.54 Å². The Hall–Kier alpha value is -1.39. The van der Waals surface area contributed by atoms with Crippen LogP contribution in [-0.4, -0.2) is 30.6 Å². The van der Waals surface area contributed by atoms with E-state index in [0.29, 0.717) is 12.5 Å². The Morgan fingerprint density at radius 2 is 2.22 bits per heavy atom. The second kappa shape index (κ2) is 7.13. The smallest absolute Gasteiger partial charge is 0.245 e. The van der Waals surface area contributed by atoms with E-state index in [9.17, 15) is 9.59 Å². The van der Waals surface area contributed by atoms with Crippen molar-refractivity contribution < 1.29 is 9.59 Å². The molecule has 0 spiro atoms. The van der Waals surface area contributed by atoms with E-state index in [1.165, 1.54) is 0 Å². The number of nitrogens with two attached hydrogens (primary N) is 1. The van der Waals surface area contributed by atoms with E-state index < -0.39 is 0 Å². The molecule has 3 N–H and O–H groups in total. The second-order valence-electron chi connectivity index (χ2n) is 5.08. The number of primary amides is 1. The summed E-state index contributed by atoms with van der Waals surface area (Å²) in [6, 6.07) is -0.213. The number of nitrogens with one attached hydrogen (secondary N) is 1. The zero-order chi connectivity index (χ0) is 13.5. The zero-order valence-corrected chi connectivity index (χ0v) is 11.2. The molecule has 3 atom stereocenters. The number of nitrogens with zero attached hydrogens (tertiary/aromatic N) is 1. The van der Waals surface area contributed by atoms with Gasteiger partial charge in [-0.2, -0.15) is 0 Å². The van der Waals surface area contributed by atoms with E-state index in [1.54, 1.807) is 0 Å². The molecule has 0 saturated heterocycles. The van der Waals surface area contributed by atoms with Gasteiger partial charge in [0.1, 0.15) is 6.04 Å². The summed E-state index contributed by atoms with van der Waals surface area (Å²) >= 11 is 0. The Balaban J connectivity index is 2.09. The molecular weight excluding hydrogens is 230 g/mol. The quantitative estimate of drug-likeness (QED) is 0.660. The van der Waals surface area contributed by atoms with Crippen LogP contribution < -0.4 is 11.1 Å². The Morgan fingerprint density at radius 1 is 1.50 bits per heavy atom. The molecule has 0 aromatic rings. The summed E-state index contributed by atoms with van der Waals surface area (Å²) in [6.45, 7) is 4.50. The van der Waals surface area contributed by atoms with E-state index in [1.807, 2.05) is 20.1 Å². The summed E-state index contributed by atoms with van der Waals surface area (Å²) in [5.74, 6) is -0.0209. The van der Waals surface area contributed by atoms with Crippen molar-refractivity contribution >= 4 is 18.0 Å². The molecule has 0 aromatic heterocycles. The van der Waals surface area contributed by atoms with Gasteiger partial charge in [-0.25, -0.2) is 0 Å². The predicted molar refractivity (Wildman–Crippen MR) is 71.3 cm³/mol. The number of unbranched alkanes of at least 4 members (excludes halogenated alkanes) is 1. The van der Waals surface area contributed by atoms with Gasteiger partial charge < -0.3 is 11.1 Å². The molecule has 1 aliphatic heterocycles. The van der Waals surface area contributed by atoms with Crippen molar-refractivity contribution in [3.8, 4) is 0 Å². The molecule has 2 amide bonds. The van der Waals surface area contributed by atoms with Gasteiger partial charge in [-0.15, -0.1) is 0 Å². The molecule has 102 valence electrons. The van der Waals surface area contributed by atoms with Crippen molar-refractivity contribution in [3.05, 3.63) is 0 Å². The molecule has 5 heteroatoms. The van der Waals surface area contributed by atoms with Crippen LogP contribution in [-0.2, 0) is 9.59 Å². The van der Waals surface area contributed by atoms with E-state index in [2.05, 4.69) is 10.3 Å². The average Bonchev–Trinajstić information content (AvgIpc) is 2.74. The van der Waals surface area contributed by atoms with Gasteiger partial charge in [0.15, 0.2) is 0 Å². The summed E-state index contributed by atoms with van der Waals surface area (Å²) in [5.41, 5.74) is 5.17. The Labute approximate surface area is 108 Å². The zero-order valence-electron chi connectivity index (χ0n) is 11.2. The summed E-state index contributed by atoms with van der Waals surface area (Å²) in [4.78, 5) is 26.7. The van der Waals surface area contributed by atoms with Crippen molar-refractivity contribution in [1.82, 2.24) is 5.32 Å². The van der Waals surface area contributed by atoms with E-state index in [-0.39, 0.29) is 23.8 Å². The summed E-state index contributed by atoms with van der Waals surface area (Å²) in [6.07, 6.45) is 5.25. The number of carbonyl (C=O) groups excluding carboxylic acids is 2. The number of hydrogen-bond donors (Lipinski definition) is 2. The van der Waals surface area contributed by atoms with Crippen LogP contribution in [0.5, 0.6) is 0 Å². The average molecular weight is 253 g/mol. The van der Waals surface area contributed by atoms with E-state index >= 15 is 0 Å². The van der Waals surface area contributed by atoms with Crippen LogP contribution in [0.3, 0.4) is 0 Å². The number of hydrogen-bond acceptors (Lipinski definition) is 3. The number of rotatable bonds is 7. The SMILES string of the molecule is C[C@H](CCCCNC(=O)[C@H]1N=CC[C@@H]1C)C(N)=O. The fourth-order valence-electron chi connectivity index (χ4n) is 1.98. The maximum absolute atomic E-state index is 11.8. The minimum absolute atomic E-state index is 0.0131. The van der Waals surface area contributed by atoms with Crippen LogP contribution in [0.1, 0.15) is 39.5 Å². The molecule has 0 aromatic carbocycles. The highest BCUT2D eigenvalue weighted by atomic mass is 16.2. The normalized spacial score (nSPS) is 23.9. The van der Waals surface area contributed by atoms with Crippen LogP contribution in [0.2, 0.25) is 0 Å². The minimum Gasteiger partial charge on any atom is -0.369 e. The van der Waals surface area contributed by atoms with Crippen molar-refractivity contribution in [3.63, 3.8) is 0 Å². The molecule has 18 heavy (non-hydrogen) atoms. The van der Waals surface area contributed by atoms with Gasteiger partial charge in [0, 0.05) is 18.7 Å². The lowest BCUT2D eigenvalue weighted by Gasteiger charge is -2.13. The molecule has 0 radical (unpaired) electrons. The van der Waals surface area contributed by atoms with Gasteiger partial charge in [-0.3, -0.25) is 14.6 Å². The number of aliphatic imine (C=N–C) groups is 1. The second-order valence-corrected chi connectivity index (χ2v) is 5.08. The lowest BCUT2D eigenvalue weighted by atomic mass is 10.0. The number of carbonyl (C=O) groups is 2. The molecule has 1 rings (SSSR count). The monoisotopic (exact) mass is 253 g/mol. The van der Waals surface area contributed by atoms with Crippen LogP contribution in [0, 0.1) is 11.8 Å². The third kappa shape index (κ3) is 4.47. The lowest BCUT2D eigenvalue weighted by Crippen LogP contribution is -2.36. The van der Waals surface area contributed by atoms with Crippen LogP contribution >= 0.6 is 0 Å². The molecule has 0 bridgehead atoms. The molecule has 0 fully saturated rings. The van der Waals surface area contributed by atoms with Crippen LogP contribution in [0.4, 0.5) is 0 Å². The first-order valence-electron chi connectivity index (χ1n) is 6.61.